The van der Waals surface area contributed by atoms with Crippen molar-refractivity contribution in [3.8, 4) is 23.0 Å². The normalized spacial score (nSPS) is 15.8. The Morgan fingerprint density at radius 3 is 2.34 bits per heavy atom. The number of hydrogen-bond acceptors (Lipinski definition) is 7. The highest BCUT2D eigenvalue weighted by molar-refractivity contribution is 5.92. The number of carboxylic acid groups (broad SMARTS) is 2. The first-order valence-electron chi connectivity index (χ1n) is 9.92. The van der Waals surface area contributed by atoms with E-state index in [2.05, 4.69) is 0 Å². The topological polar surface area (TPSA) is 160 Å². The van der Waals surface area contributed by atoms with E-state index in [1.807, 2.05) is 13.8 Å². The maximum absolute atomic E-state index is 11.1. The summed E-state index contributed by atoms with van der Waals surface area (Å²) in [7, 11) is 1.49. The number of benzene rings is 2. The van der Waals surface area contributed by atoms with Crippen molar-refractivity contribution in [2.24, 2.45) is 5.73 Å². The third-order valence-corrected chi connectivity index (χ3v) is 5.12. The van der Waals surface area contributed by atoms with Crippen LogP contribution in [0, 0.1) is 0 Å². The van der Waals surface area contributed by atoms with Crippen molar-refractivity contribution in [3.63, 3.8) is 0 Å². The molecule has 9 nitrogen and oxygen atoms in total. The first-order chi connectivity index (χ1) is 14.8. The van der Waals surface area contributed by atoms with Crippen LogP contribution >= 0.6 is 0 Å². The van der Waals surface area contributed by atoms with Gasteiger partial charge in [0, 0.05) is 12.0 Å². The minimum Gasteiger partial charge on any atom is -0.504 e. The minimum atomic E-state index is -1.39. The molecule has 2 aromatic carbocycles. The van der Waals surface area contributed by atoms with Gasteiger partial charge < -0.3 is 35.6 Å². The van der Waals surface area contributed by atoms with Crippen LogP contribution in [0.25, 0.3) is 0 Å². The summed E-state index contributed by atoms with van der Waals surface area (Å²) in [4.78, 5) is 21.8. The van der Waals surface area contributed by atoms with Gasteiger partial charge in [0.25, 0.3) is 0 Å². The number of carbonyl (C=O) groups is 2. The molecule has 0 saturated heterocycles. The number of ether oxygens (including phenoxy) is 2. The molecule has 2 aromatic rings. The van der Waals surface area contributed by atoms with Crippen LogP contribution in [0.2, 0.25) is 0 Å². The summed E-state index contributed by atoms with van der Waals surface area (Å²) < 4.78 is 11.0. The fourth-order valence-corrected chi connectivity index (χ4v) is 3.30. The molecule has 0 bridgehead atoms. The number of aromatic carboxylic acids is 1. The lowest BCUT2D eigenvalue weighted by Crippen LogP contribution is -2.46. The van der Waals surface area contributed by atoms with E-state index in [0.717, 1.165) is 24.2 Å². The predicted molar refractivity (Wildman–Crippen MR) is 117 cm³/mol. The Hall–Kier alpha value is -3.46. The summed E-state index contributed by atoms with van der Waals surface area (Å²) in [5.74, 6) is -1.47. The van der Waals surface area contributed by atoms with Gasteiger partial charge in [0.15, 0.2) is 11.5 Å². The van der Waals surface area contributed by atoms with E-state index in [-0.39, 0.29) is 29.1 Å². The molecule has 3 rings (SSSR count). The van der Waals surface area contributed by atoms with Gasteiger partial charge in [0.2, 0.25) is 0 Å². The maximum Gasteiger partial charge on any atom is 0.339 e. The Morgan fingerprint density at radius 2 is 1.81 bits per heavy atom. The zero-order valence-corrected chi connectivity index (χ0v) is 18.5. The van der Waals surface area contributed by atoms with Crippen LogP contribution < -0.4 is 15.2 Å². The minimum absolute atomic E-state index is 0.0795. The molecule has 0 amide bonds. The van der Waals surface area contributed by atoms with Gasteiger partial charge >= 0.3 is 11.9 Å². The van der Waals surface area contributed by atoms with Crippen molar-refractivity contribution in [1.82, 2.24) is 0 Å². The highest BCUT2D eigenvalue weighted by Crippen LogP contribution is 2.40. The van der Waals surface area contributed by atoms with Gasteiger partial charge in [-0.1, -0.05) is 6.07 Å². The molecule has 1 aliphatic rings. The largest absolute Gasteiger partial charge is 0.504 e. The van der Waals surface area contributed by atoms with E-state index in [4.69, 9.17) is 30.5 Å². The van der Waals surface area contributed by atoms with Crippen LogP contribution in [0.1, 0.15) is 48.7 Å². The van der Waals surface area contributed by atoms with Gasteiger partial charge in [-0.3, -0.25) is 4.79 Å². The Balaban J connectivity index is 0.000000229. The average Bonchev–Trinajstić information content (AvgIpc) is 2.69. The number of fused-ring (bicyclic) bond motifs is 1. The van der Waals surface area contributed by atoms with E-state index >= 15 is 0 Å². The second-order valence-corrected chi connectivity index (χ2v) is 8.51. The molecule has 0 aliphatic carbocycles. The smallest absolute Gasteiger partial charge is 0.339 e. The summed E-state index contributed by atoms with van der Waals surface area (Å²) in [6, 6.07) is 7.35. The highest BCUT2D eigenvalue weighted by Gasteiger charge is 2.30. The first-order valence-corrected chi connectivity index (χ1v) is 9.92. The fourth-order valence-electron chi connectivity index (χ4n) is 3.30. The Morgan fingerprint density at radius 1 is 1.16 bits per heavy atom. The SMILES string of the molecule is CC(N)(Cc1ccc(O)c(O)c1)C(=O)O.COc1c(C(=O)O)ccc2c1CCC(C)(C)O2. The van der Waals surface area contributed by atoms with Crippen molar-refractivity contribution in [1.29, 1.82) is 0 Å². The van der Waals surface area contributed by atoms with Crippen LogP contribution in [0.5, 0.6) is 23.0 Å². The molecule has 0 aromatic heterocycles. The number of nitrogens with two attached hydrogens (primary N) is 1. The summed E-state index contributed by atoms with van der Waals surface area (Å²) >= 11 is 0. The molecule has 1 unspecified atom stereocenters. The molecule has 0 saturated carbocycles. The van der Waals surface area contributed by atoms with Crippen LogP contribution in [-0.4, -0.2) is 50.6 Å². The molecule has 1 aliphatic heterocycles. The predicted octanol–water partition coefficient (Wildman–Crippen LogP) is 2.94. The number of rotatable bonds is 5. The molecule has 32 heavy (non-hydrogen) atoms. The molecule has 0 fully saturated rings. The van der Waals surface area contributed by atoms with Crippen LogP contribution in [0.4, 0.5) is 0 Å². The quantitative estimate of drug-likeness (QED) is 0.434. The Kier molecular flexibility index (Phi) is 7.25. The van der Waals surface area contributed by atoms with E-state index < -0.39 is 17.5 Å². The second-order valence-electron chi connectivity index (χ2n) is 8.51. The van der Waals surface area contributed by atoms with Crippen LogP contribution in [0.15, 0.2) is 30.3 Å². The monoisotopic (exact) mass is 447 g/mol. The van der Waals surface area contributed by atoms with Gasteiger partial charge in [-0.2, -0.15) is 0 Å². The molecule has 6 N–H and O–H groups in total. The van der Waals surface area contributed by atoms with Gasteiger partial charge in [0.1, 0.15) is 28.2 Å². The fraction of sp³-hybridized carbons (Fsp3) is 0.391. The van der Waals surface area contributed by atoms with E-state index in [1.54, 1.807) is 6.07 Å². The zero-order valence-electron chi connectivity index (χ0n) is 18.5. The van der Waals surface area contributed by atoms with Gasteiger partial charge in [0.05, 0.1) is 7.11 Å². The first kappa shape index (κ1) is 24.8. The summed E-state index contributed by atoms with van der Waals surface area (Å²) in [5.41, 5.74) is 5.54. The van der Waals surface area contributed by atoms with Crippen LogP contribution in [0.3, 0.4) is 0 Å². The molecule has 174 valence electrons. The van der Waals surface area contributed by atoms with E-state index in [9.17, 15) is 14.7 Å². The third-order valence-electron chi connectivity index (χ3n) is 5.12. The van der Waals surface area contributed by atoms with Crippen molar-refractivity contribution in [3.05, 3.63) is 47.0 Å². The van der Waals surface area contributed by atoms with E-state index in [0.29, 0.717) is 11.3 Å². The van der Waals surface area contributed by atoms with Crippen molar-refractivity contribution < 1.29 is 39.5 Å². The number of phenols is 2. The zero-order chi connectivity index (χ0) is 24.3. The molecule has 9 heteroatoms. The summed E-state index contributed by atoms with van der Waals surface area (Å²) in [6.07, 6.45) is 1.70. The lowest BCUT2D eigenvalue weighted by Gasteiger charge is -2.33. The lowest BCUT2D eigenvalue weighted by molar-refractivity contribution is -0.142. The number of aliphatic carboxylic acids is 1. The number of aromatic hydroxyl groups is 2. The number of hydrogen-bond donors (Lipinski definition) is 5. The highest BCUT2D eigenvalue weighted by atomic mass is 16.5. The lowest BCUT2D eigenvalue weighted by atomic mass is 9.92. The van der Waals surface area contributed by atoms with Crippen LogP contribution in [-0.2, 0) is 17.6 Å². The molecular weight excluding hydrogens is 418 g/mol. The van der Waals surface area contributed by atoms with Gasteiger partial charge in [-0.15, -0.1) is 0 Å². The molecule has 1 heterocycles. The van der Waals surface area contributed by atoms with Crippen molar-refractivity contribution in [2.45, 2.75) is 51.2 Å². The molecular formula is C23H29NO8. The molecule has 0 spiro atoms. The summed E-state index contributed by atoms with van der Waals surface area (Å²) in [5, 5.41) is 36.1. The maximum atomic E-state index is 11.1. The van der Waals surface area contributed by atoms with Crippen molar-refractivity contribution in [2.75, 3.05) is 7.11 Å². The number of phenolic OH excluding ortho intramolecular Hbond substituents is 2. The number of carboxylic acids is 2. The third kappa shape index (κ3) is 5.82. The molecule has 1 atom stereocenters. The average molecular weight is 447 g/mol. The van der Waals surface area contributed by atoms with E-state index in [1.165, 1.54) is 38.3 Å². The Labute approximate surface area is 186 Å². The molecule has 0 radical (unpaired) electrons. The van der Waals surface area contributed by atoms with Gasteiger partial charge in [-0.25, -0.2) is 4.79 Å². The standard InChI is InChI=1S/C13H16O4.C10H13NO4/c1-13(2)7-6-8-10(17-13)5-4-9(12(14)15)11(8)16-3;1-10(11,9(14)15)5-6-2-3-7(12)8(13)4-6/h4-5H,6-7H2,1-3H3,(H,14,15);2-4,12-13H,5,11H2,1H3,(H,14,15). The van der Waals surface area contributed by atoms with Crippen molar-refractivity contribution >= 4 is 11.9 Å². The number of methoxy groups -OCH3 is 1. The Bertz CT molecular complexity index is 1010. The summed E-state index contributed by atoms with van der Waals surface area (Å²) in [6.45, 7) is 5.43. The second kappa shape index (κ2) is 9.35. The van der Waals surface area contributed by atoms with Gasteiger partial charge in [-0.05, 0) is 63.4 Å².